The van der Waals surface area contributed by atoms with Crippen LogP contribution in [0.4, 0.5) is 4.39 Å². The van der Waals surface area contributed by atoms with Crippen LogP contribution in [0.5, 0.6) is 0 Å². The van der Waals surface area contributed by atoms with Crippen molar-refractivity contribution in [1.29, 1.82) is 0 Å². The summed E-state index contributed by atoms with van der Waals surface area (Å²) in [5.41, 5.74) is 2.11. The zero-order valence-corrected chi connectivity index (χ0v) is 15.4. The van der Waals surface area contributed by atoms with Crippen molar-refractivity contribution in [3.63, 3.8) is 0 Å². The molecule has 1 atom stereocenters. The van der Waals surface area contributed by atoms with Gasteiger partial charge in [-0.3, -0.25) is 4.79 Å². The van der Waals surface area contributed by atoms with Crippen LogP contribution < -0.4 is 5.43 Å². The lowest BCUT2D eigenvalue weighted by molar-refractivity contribution is 0.0389. The quantitative estimate of drug-likeness (QED) is 0.438. The largest absolute Gasteiger partial charge is 0.457 e. The van der Waals surface area contributed by atoms with Gasteiger partial charge in [-0.25, -0.2) is 4.39 Å². The highest BCUT2D eigenvalue weighted by atomic mass is 19.1. The molecule has 0 bridgehead atoms. The molecule has 0 radical (unpaired) electrons. The lowest BCUT2D eigenvalue weighted by Crippen LogP contribution is -2.12. The lowest BCUT2D eigenvalue weighted by atomic mass is 10.00. The molecule has 0 aliphatic heterocycles. The van der Waals surface area contributed by atoms with E-state index < -0.39 is 11.9 Å². The highest BCUT2D eigenvalue weighted by Gasteiger charge is 2.21. The molecule has 28 heavy (non-hydrogen) atoms. The molecule has 3 nitrogen and oxygen atoms in total. The molecule has 0 fully saturated rings. The molecule has 0 saturated carbocycles. The van der Waals surface area contributed by atoms with Gasteiger partial charge >= 0.3 is 0 Å². The fourth-order valence-electron chi connectivity index (χ4n) is 3.23. The van der Waals surface area contributed by atoms with Crippen molar-refractivity contribution in [2.24, 2.45) is 0 Å². The molecule has 4 rings (SSSR count). The van der Waals surface area contributed by atoms with Crippen LogP contribution in [0.3, 0.4) is 0 Å². The van der Waals surface area contributed by atoms with E-state index in [2.05, 4.69) is 0 Å². The summed E-state index contributed by atoms with van der Waals surface area (Å²) in [5, 5.41) is 0.459. The van der Waals surface area contributed by atoms with E-state index in [0.29, 0.717) is 34.5 Å². The number of rotatable bonds is 5. The second-order valence-corrected chi connectivity index (χ2v) is 6.62. The zero-order chi connectivity index (χ0) is 19.5. The van der Waals surface area contributed by atoms with Crippen LogP contribution in [0, 0.1) is 5.82 Å². The smallest absolute Gasteiger partial charge is 0.200 e. The van der Waals surface area contributed by atoms with Crippen molar-refractivity contribution in [1.82, 2.24) is 0 Å². The average molecular weight is 374 g/mol. The van der Waals surface area contributed by atoms with Crippen LogP contribution in [-0.2, 0) is 11.3 Å². The summed E-state index contributed by atoms with van der Waals surface area (Å²) < 4.78 is 25.9. The summed E-state index contributed by atoms with van der Waals surface area (Å²) in [5.74, 6) is -0.0147. The van der Waals surface area contributed by atoms with Gasteiger partial charge in [0, 0.05) is 0 Å². The Balaban J connectivity index is 1.81. The van der Waals surface area contributed by atoms with E-state index in [1.165, 1.54) is 12.1 Å². The molecule has 0 aliphatic rings. The third-order valence-corrected chi connectivity index (χ3v) is 4.65. The number of benzene rings is 3. The van der Waals surface area contributed by atoms with Gasteiger partial charge in [0.15, 0.2) is 0 Å². The van der Waals surface area contributed by atoms with E-state index in [-0.39, 0.29) is 5.43 Å². The van der Waals surface area contributed by atoms with Gasteiger partial charge in [0.1, 0.15) is 23.3 Å². The Morgan fingerprint density at radius 1 is 0.964 bits per heavy atom. The van der Waals surface area contributed by atoms with Crippen LogP contribution in [0.25, 0.3) is 22.1 Å². The molecule has 0 N–H and O–H groups in total. The topological polar surface area (TPSA) is 39.4 Å². The Bertz CT molecular complexity index is 1170. The SMILES string of the molecule is C[C@H](OCc1ccccc1)c1oc2ccccc2c(=O)c1-c1cccc(F)c1. The Morgan fingerprint density at radius 3 is 2.50 bits per heavy atom. The first-order chi connectivity index (χ1) is 13.6. The summed E-state index contributed by atoms with van der Waals surface area (Å²) >= 11 is 0. The molecule has 0 spiro atoms. The number of halogens is 1. The van der Waals surface area contributed by atoms with Gasteiger partial charge in [-0.2, -0.15) is 0 Å². The van der Waals surface area contributed by atoms with Crippen LogP contribution in [0.2, 0.25) is 0 Å². The Labute approximate surface area is 162 Å². The van der Waals surface area contributed by atoms with Gasteiger partial charge in [-0.05, 0) is 42.3 Å². The number of hydrogen-bond acceptors (Lipinski definition) is 3. The minimum atomic E-state index is -0.490. The van der Waals surface area contributed by atoms with E-state index in [4.69, 9.17) is 9.15 Å². The minimum Gasteiger partial charge on any atom is -0.457 e. The van der Waals surface area contributed by atoms with Gasteiger partial charge in [0.05, 0.1) is 17.6 Å². The molecule has 0 saturated heterocycles. The number of ether oxygens (including phenoxy) is 1. The van der Waals surface area contributed by atoms with Crippen molar-refractivity contribution in [3.8, 4) is 11.1 Å². The molecule has 4 aromatic rings. The molecular formula is C24H19FO3. The molecule has 140 valence electrons. The maximum atomic E-state index is 13.8. The minimum absolute atomic E-state index is 0.197. The Kier molecular flexibility index (Phi) is 5.04. The first-order valence-corrected chi connectivity index (χ1v) is 9.10. The molecule has 0 unspecified atom stereocenters. The van der Waals surface area contributed by atoms with Gasteiger partial charge in [-0.1, -0.05) is 54.6 Å². The normalized spacial score (nSPS) is 12.2. The van der Waals surface area contributed by atoms with Crippen LogP contribution in [0.1, 0.15) is 24.4 Å². The lowest BCUT2D eigenvalue weighted by Gasteiger charge is -2.17. The maximum absolute atomic E-state index is 13.8. The summed E-state index contributed by atoms with van der Waals surface area (Å²) in [6, 6.07) is 22.8. The highest BCUT2D eigenvalue weighted by molar-refractivity contribution is 5.82. The highest BCUT2D eigenvalue weighted by Crippen LogP contribution is 2.31. The third kappa shape index (κ3) is 3.59. The monoisotopic (exact) mass is 374 g/mol. The van der Waals surface area contributed by atoms with E-state index in [0.717, 1.165) is 5.56 Å². The van der Waals surface area contributed by atoms with Gasteiger partial charge in [-0.15, -0.1) is 0 Å². The number of hydrogen-bond donors (Lipinski definition) is 0. The standard InChI is InChI=1S/C24H19FO3/c1-16(27-15-17-8-3-2-4-9-17)24-22(18-10-7-11-19(25)14-18)23(26)20-12-5-6-13-21(20)28-24/h2-14,16H,15H2,1H3/t16-/m0/s1. The molecule has 1 heterocycles. The molecule has 0 amide bonds. The second-order valence-electron chi connectivity index (χ2n) is 6.62. The van der Waals surface area contributed by atoms with E-state index in [1.807, 2.05) is 43.3 Å². The van der Waals surface area contributed by atoms with Crippen molar-refractivity contribution in [2.45, 2.75) is 19.6 Å². The first-order valence-electron chi connectivity index (χ1n) is 9.10. The van der Waals surface area contributed by atoms with E-state index in [9.17, 15) is 9.18 Å². The Morgan fingerprint density at radius 2 is 1.71 bits per heavy atom. The molecule has 4 heteroatoms. The van der Waals surface area contributed by atoms with E-state index in [1.54, 1.807) is 30.3 Å². The van der Waals surface area contributed by atoms with Gasteiger partial charge < -0.3 is 9.15 Å². The Hall–Kier alpha value is -3.24. The van der Waals surface area contributed by atoms with Gasteiger partial charge in [0.2, 0.25) is 5.43 Å². The fraction of sp³-hybridized carbons (Fsp3) is 0.125. The molecular weight excluding hydrogens is 355 g/mol. The summed E-state index contributed by atoms with van der Waals surface area (Å²) in [4.78, 5) is 13.2. The predicted octanol–water partition coefficient (Wildman–Crippen LogP) is 5.88. The molecule has 3 aromatic carbocycles. The fourth-order valence-corrected chi connectivity index (χ4v) is 3.23. The summed E-state index contributed by atoms with van der Waals surface area (Å²) in [7, 11) is 0. The average Bonchev–Trinajstić information content (AvgIpc) is 2.72. The van der Waals surface area contributed by atoms with Crippen molar-refractivity contribution in [2.75, 3.05) is 0 Å². The summed E-state index contributed by atoms with van der Waals surface area (Å²) in [6.45, 7) is 2.21. The number of fused-ring (bicyclic) bond motifs is 1. The third-order valence-electron chi connectivity index (χ3n) is 4.65. The van der Waals surface area contributed by atoms with Crippen LogP contribution in [-0.4, -0.2) is 0 Å². The van der Waals surface area contributed by atoms with Crippen LogP contribution in [0.15, 0.2) is 88.1 Å². The van der Waals surface area contributed by atoms with Crippen molar-refractivity contribution < 1.29 is 13.5 Å². The maximum Gasteiger partial charge on any atom is 0.200 e. The van der Waals surface area contributed by atoms with Gasteiger partial charge in [0.25, 0.3) is 0 Å². The van der Waals surface area contributed by atoms with Crippen molar-refractivity contribution >= 4 is 11.0 Å². The number of para-hydroxylation sites is 1. The first kappa shape index (κ1) is 18.1. The molecule has 0 aliphatic carbocycles. The molecule has 1 aromatic heterocycles. The van der Waals surface area contributed by atoms with Crippen molar-refractivity contribution in [3.05, 3.63) is 106 Å². The summed E-state index contributed by atoms with van der Waals surface area (Å²) in [6.07, 6.45) is -0.490. The zero-order valence-electron chi connectivity index (χ0n) is 15.4. The van der Waals surface area contributed by atoms with Crippen LogP contribution >= 0.6 is 0 Å². The predicted molar refractivity (Wildman–Crippen MR) is 108 cm³/mol. The van der Waals surface area contributed by atoms with E-state index >= 15 is 0 Å². The second kappa shape index (κ2) is 7.79.